The number of rotatable bonds is 1. The van der Waals surface area contributed by atoms with Crippen LogP contribution in [0, 0.1) is 0 Å². The van der Waals surface area contributed by atoms with E-state index in [1.54, 1.807) is 36.9 Å². The Kier molecular flexibility index (Phi) is 3.78. The van der Waals surface area contributed by atoms with E-state index in [2.05, 4.69) is 17.9 Å². The number of amides is 2. The third-order valence-electron chi connectivity index (χ3n) is 3.28. The van der Waals surface area contributed by atoms with Gasteiger partial charge < -0.3 is 10.2 Å². The quantitative estimate of drug-likeness (QED) is 0.779. The number of carbonyl (C=O) groups excluding carboxylic acids is 2. The van der Waals surface area contributed by atoms with Crippen LogP contribution in [-0.2, 0) is 4.79 Å². The molecule has 1 aliphatic rings. The Morgan fingerprint density at radius 1 is 1.47 bits per heavy atom. The highest BCUT2D eigenvalue weighted by atomic mass is 35.5. The summed E-state index contributed by atoms with van der Waals surface area (Å²) in [5.74, 6) is -0.411. The highest BCUT2D eigenvalue weighted by Crippen LogP contribution is 2.26. The van der Waals surface area contributed by atoms with Crippen LogP contribution in [0.3, 0.4) is 0 Å². The van der Waals surface area contributed by atoms with Gasteiger partial charge in [0, 0.05) is 18.0 Å². The predicted molar refractivity (Wildman–Crippen MR) is 76.8 cm³/mol. The molecular formula is C13H15ClN2O2S. The van der Waals surface area contributed by atoms with Crippen molar-refractivity contribution in [2.45, 2.75) is 24.3 Å². The maximum absolute atomic E-state index is 12.6. The summed E-state index contributed by atoms with van der Waals surface area (Å²) in [4.78, 5) is 26.6. The third kappa shape index (κ3) is 2.58. The monoisotopic (exact) mass is 298 g/mol. The molecule has 1 fully saturated rings. The number of benzene rings is 1. The van der Waals surface area contributed by atoms with Gasteiger partial charge in [-0.15, -0.1) is 12.6 Å². The summed E-state index contributed by atoms with van der Waals surface area (Å²) in [5, 5.41) is 3.12. The fraction of sp³-hybridized carbons (Fsp3) is 0.385. The number of hydrogen-bond acceptors (Lipinski definition) is 3. The van der Waals surface area contributed by atoms with Crippen LogP contribution in [0.5, 0.6) is 0 Å². The summed E-state index contributed by atoms with van der Waals surface area (Å²) < 4.78 is 0. The molecule has 4 nitrogen and oxygen atoms in total. The van der Waals surface area contributed by atoms with E-state index in [0.717, 1.165) is 0 Å². The van der Waals surface area contributed by atoms with Gasteiger partial charge in [-0.25, -0.2) is 0 Å². The average Bonchev–Trinajstić information content (AvgIpc) is 2.35. The fourth-order valence-electron chi connectivity index (χ4n) is 2.08. The molecule has 0 saturated carbocycles. The van der Waals surface area contributed by atoms with E-state index in [4.69, 9.17) is 11.6 Å². The molecule has 0 bridgehead atoms. The average molecular weight is 299 g/mol. The second-order valence-corrected chi connectivity index (χ2v) is 5.86. The summed E-state index contributed by atoms with van der Waals surface area (Å²) in [6.07, 6.45) is 0. The van der Waals surface area contributed by atoms with Gasteiger partial charge in [-0.2, -0.15) is 0 Å². The van der Waals surface area contributed by atoms with E-state index in [0.29, 0.717) is 28.6 Å². The fourth-order valence-corrected chi connectivity index (χ4v) is 2.48. The molecule has 0 atom stereocenters. The molecule has 1 aromatic carbocycles. The molecule has 1 heterocycles. The molecule has 2 amide bonds. The molecule has 1 aromatic rings. The van der Waals surface area contributed by atoms with E-state index in [1.165, 1.54) is 0 Å². The lowest BCUT2D eigenvalue weighted by molar-refractivity contribution is -0.133. The first-order chi connectivity index (χ1) is 8.84. The summed E-state index contributed by atoms with van der Waals surface area (Å²) in [7, 11) is 0. The lowest BCUT2D eigenvalue weighted by Gasteiger charge is -2.41. The number of hydrogen-bond donors (Lipinski definition) is 2. The molecule has 0 aliphatic carbocycles. The molecule has 0 unspecified atom stereocenters. The Hall–Kier alpha value is -1.20. The predicted octanol–water partition coefficient (Wildman–Crippen LogP) is 1.98. The van der Waals surface area contributed by atoms with Crippen molar-refractivity contribution >= 4 is 36.0 Å². The van der Waals surface area contributed by atoms with Crippen LogP contribution in [0.15, 0.2) is 23.1 Å². The molecule has 0 spiro atoms. The van der Waals surface area contributed by atoms with E-state index in [1.807, 2.05) is 0 Å². The molecule has 102 valence electrons. The van der Waals surface area contributed by atoms with Crippen molar-refractivity contribution in [3.8, 4) is 0 Å². The van der Waals surface area contributed by atoms with E-state index in [-0.39, 0.29) is 11.8 Å². The van der Waals surface area contributed by atoms with Crippen LogP contribution in [-0.4, -0.2) is 35.3 Å². The van der Waals surface area contributed by atoms with Crippen LogP contribution in [0.25, 0.3) is 0 Å². The van der Waals surface area contributed by atoms with Gasteiger partial charge in [0.15, 0.2) is 0 Å². The molecule has 0 radical (unpaired) electrons. The molecule has 1 aliphatic heterocycles. The first kappa shape index (κ1) is 14.2. The van der Waals surface area contributed by atoms with E-state index in [9.17, 15) is 9.59 Å². The zero-order valence-corrected chi connectivity index (χ0v) is 12.4. The zero-order valence-electron chi connectivity index (χ0n) is 10.7. The topological polar surface area (TPSA) is 49.4 Å². The smallest absolute Gasteiger partial charge is 0.256 e. The molecule has 2 rings (SSSR count). The van der Waals surface area contributed by atoms with Crippen LogP contribution in [0.2, 0.25) is 5.02 Å². The highest BCUT2D eigenvalue weighted by molar-refractivity contribution is 7.80. The number of halogens is 1. The SMILES string of the molecule is CC1(C)C(=O)NCCN1C(=O)c1cc(S)ccc1Cl. The summed E-state index contributed by atoms with van der Waals surface area (Å²) in [6, 6.07) is 4.97. The van der Waals surface area contributed by atoms with Gasteiger partial charge in [0.25, 0.3) is 5.91 Å². The number of nitrogens with one attached hydrogen (secondary N) is 1. The second kappa shape index (κ2) is 5.06. The number of piperazine rings is 1. The van der Waals surface area contributed by atoms with Crippen molar-refractivity contribution in [2.75, 3.05) is 13.1 Å². The Morgan fingerprint density at radius 3 is 2.84 bits per heavy atom. The minimum absolute atomic E-state index is 0.162. The van der Waals surface area contributed by atoms with Crippen LogP contribution >= 0.6 is 24.2 Å². The first-order valence-corrected chi connectivity index (χ1v) is 6.75. The molecule has 6 heteroatoms. The molecule has 1 N–H and O–H groups in total. The normalized spacial score (nSPS) is 18.1. The van der Waals surface area contributed by atoms with Gasteiger partial charge in [0.2, 0.25) is 5.91 Å². The Labute approximate surface area is 122 Å². The molecule has 19 heavy (non-hydrogen) atoms. The first-order valence-electron chi connectivity index (χ1n) is 5.93. The maximum Gasteiger partial charge on any atom is 0.256 e. The molecular weight excluding hydrogens is 284 g/mol. The molecule has 1 saturated heterocycles. The maximum atomic E-state index is 12.6. The van der Waals surface area contributed by atoms with Gasteiger partial charge in [0.05, 0.1) is 10.6 Å². The third-order valence-corrected chi connectivity index (χ3v) is 3.88. The standard InChI is InChI=1S/C13H15ClN2O2S/c1-13(2)12(18)15-5-6-16(13)11(17)9-7-8(19)3-4-10(9)14/h3-4,7,19H,5-6H2,1-2H3,(H,15,18). The van der Waals surface area contributed by atoms with Gasteiger partial charge in [-0.3, -0.25) is 9.59 Å². The van der Waals surface area contributed by atoms with Crippen molar-refractivity contribution in [2.24, 2.45) is 0 Å². The Bertz CT molecular complexity index is 545. The largest absolute Gasteiger partial charge is 0.352 e. The number of nitrogens with zero attached hydrogens (tertiary/aromatic N) is 1. The number of thiol groups is 1. The highest BCUT2D eigenvalue weighted by Gasteiger charge is 2.41. The van der Waals surface area contributed by atoms with Crippen LogP contribution in [0.4, 0.5) is 0 Å². The van der Waals surface area contributed by atoms with Gasteiger partial charge in [0.1, 0.15) is 5.54 Å². The van der Waals surface area contributed by atoms with Crippen molar-refractivity contribution in [1.82, 2.24) is 10.2 Å². The van der Waals surface area contributed by atoms with Gasteiger partial charge >= 0.3 is 0 Å². The zero-order chi connectivity index (χ0) is 14.2. The van der Waals surface area contributed by atoms with Crippen molar-refractivity contribution in [1.29, 1.82) is 0 Å². The van der Waals surface area contributed by atoms with Crippen LogP contribution in [0.1, 0.15) is 24.2 Å². The van der Waals surface area contributed by atoms with Crippen molar-refractivity contribution < 1.29 is 9.59 Å². The molecule has 0 aromatic heterocycles. The second-order valence-electron chi connectivity index (χ2n) is 4.94. The van der Waals surface area contributed by atoms with E-state index >= 15 is 0 Å². The Balaban J connectivity index is 2.38. The summed E-state index contributed by atoms with van der Waals surface area (Å²) in [5.41, 5.74) is -0.511. The van der Waals surface area contributed by atoms with Crippen LogP contribution < -0.4 is 5.32 Å². The number of carbonyl (C=O) groups is 2. The lowest BCUT2D eigenvalue weighted by atomic mass is 9.97. The van der Waals surface area contributed by atoms with E-state index < -0.39 is 5.54 Å². The van der Waals surface area contributed by atoms with Crippen molar-refractivity contribution in [3.63, 3.8) is 0 Å². The van der Waals surface area contributed by atoms with Crippen molar-refractivity contribution in [3.05, 3.63) is 28.8 Å². The Morgan fingerprint density at radius 2 is 2.16 bits per heavy atom. The lowest BCUT2D eigenvalue weighted by Crippen LogP contribution is -2.63. The minimum atomic E-state index is -0.884. The van der Waals surface area contributed by atoms with Gasteiger partial charge in [-0.1, -0.05) is 11.6 Å². The summed E-state index contributed by atoms with van der Waals surface area (Å²) in [6.45, 7) is 4.35. The summed E-state index contributed by atoms with van der Waals surface area (Å²) >= 11 is 10.3. The van der Waals surface area contributed by atoms with Gasteiger partial charge in [-0.05, 0) is 32.0 Å². The minimum Gasteiger partial charge on any atom is -0.352 e.